The van der Waals surface area contributed by atoms with Crippen molar-refractivity contribution >= 4 is 23.9 Å². The van der Waals surface area contributed by atoms with Crippen molar-refractivity contribution in [3.8, 4) is 0 Å². The zero-order chi connectivity index (χ0) is 30.2. The van der Waals surface area contributed by atoms with Gasteiger partial charge in [0.1, 0.15) is 18.5 Å². The second kappa shape index (κ2) is 17.1. The maximum atomic E-state index is 12.6. The topological polar surface area (TPSA) is 164 Å². The van der Waals surface area contributed by atoms with Crippen molar-refractivity contribution in [3.63, 3.8) is 0 Å². The molecule has 224 valence electrons. The number of carboxylic acids is 1. The molecule has 3 amide bonds. The molecule has 0 aliphatic carbocycles. The Hall–Kier alpha value is -4.87. The van der Waals surface area contributed by atoms with Crippen molar-refractivity contribution in [2.45, 2.75) is 58.3 Å². The van der Waals surface area contributed by atoms with E-state index < -0.39 is 23.8 Å². The normalized spacial score (nSPS) is 11.3. The number of aliphatic carboxylic acids is 1. The standard InChI is InChI=1S/C30H38N6O6/c1-22-19-36(20-25(27(37)38)34-30(41)42-21-24-14-8-5-9-15-24)29(40)35-26(22)31-16-10-2-3-11-17-32-28(39)33-18-23-12-6-4-7-13-23/h4-9,12-15,19,25H,2-3,10-11,16-18,20-21H2,1H3,(H,34,41)(H,37,38)(H,31,35,40)(H2,32,33,39). The molecule has 2 aromatic carbocycles. The number of nitrogens with one attached hydrogen (secondary N) is 4. The van der Waals surface area contributed by atoms with E-state index in [0.717, 1.165) is 41.4 Å². The quantitative estimate of drug-likeness (QED) is 0.161. The summed E-state index contributed by atoms with van der Waals surface area (Å²) >= 11 is 0. The molecule has 0 aliphatic rings. The van der Waals surface area contributed by atoms with Gasteiger partial charge in [0.15, 0.2) is 0 Å². The summed E-state index contributed by atoms with van der Waals surface area (Å²) in [5.41, 5.74) is 1.83. The van der Waals surface area contributed by atoms with Crippen molar-refractivity contribution in [2.75, 3.05) is 18.4 Å². The van der Waals surface area contributed by atoms with E-state index in [4.69, 9.17) is 4.74 Å². The van der Waals surface area contributed by atoms with E-state index in [-0.39, 0.29) is 19.2 Å². The first-order valence-electron chi connectivity index (χ1n) is 13.9. The molecule has 0 bridgehead atoms. The van der Waals surface area contributed by atoms with Gasteiger partial charge in [0.05, 0.1) is 6.54 Å². The highest BCUT2D eigenvalue weighted by Crippen LogP contribution is 2.09. The number of carbonyl (C=O) groups excluding carboxylic acids is 2. The van der Waals surface area contributed by atoms with Gasteiger partial charge in [0.25, 0.3) is 0 Å². The number of urea groups is 1. The third kappa shape index (κ3) is 11.3. The molecule has 3 aromatic rings. The number of hydrogen-bond acceptors (Lipinski definition) is 7. The summed E-state index contributed by atoms with van der Waals surface area (Å²) in [6.07, 6.45) is 4.18. The number of benzene rings is 2. The lowest BCUT2D eigenvalue weighted by molar-refractivity contribution is -0.139. The van der Waals surface area contributed by atoms with Crippen LogP contribution in [0.25, 0.3) is 0 Å². The van der Waals surface area contributed by atoms with Gasteiger partial charge < -0.3 is 31.1 Å². The SMILES string of the molecule is Cc1cn(CC(NC(=O)OCc2ccccc2)C(=O)O)c(=O)nc1NCCCCCCNC(=O)NCc1ccccc1. The van der Waals surface area contributed by atoms with Crippen LogP contribution in [-0.4, -0.2) is 51.9 Å². The molecule has 3 rings (SSSR count). The number of carboxylic acid groups (broad SMARTS) is 1. The fourth-order valence-corrected chi connectivity index (χ4v) is 4.05. The molecule has 12 nitrogen and oxygen atoms in total. The first-order valence-corrected chi connectivity index (χ1v) is 13.9. The molecular formula is C30H38N6O6. The number of aromatic nitrogens is 2. The van der Waals surface area contributed by atoms with Crippen molar-refractivity contribution in [3.05, 3.63) is 94.0 Å². The van der Waals surface area contributed by atoms with E-state index in [1.807, 2.05) is 36.4 Å². The molecule has 1 heterocycles. The molecular weight excluding hydrogens is 540 g/mol. The average molecular weight is 579 g/mol. The molecule has 1 atom stereocenters. The zero-order valence-corrected chi connectivity index (χ0v) is 23.7. The third-order valence-corrected chi connectivity index (χ3v) is 6.34. The lowest BCUT2D eigenvalue weighted by Crippen LogP contribution is -2.45. The summed E-state index contributed by atoms with van der Waals surface area (Å²) in [5.74, 6) is -0.878. The Morgan fingerprint density at radius 3 is 2.21 bits per heavy atom. The molecule has 12 heteroatoms. The second-order valence-corrected chi connectivity index (χ2v) is 9.74. The van der Waals surface area contributed by atoms with E-state index in [2.05, 4.69) is 26.3 Å². The Bertz CT molecular complexity index is 1350. The Balaban J connectivity index is 1.34. The van der Waals surface area contributed by atoms with Crippen molar-refractivity contribution in [1.29, 1.82) is 0 Å². The molecule has 42 heavy (non-hydrogen) atoms. The summed E-state index contributed by atoms with van der Waals surface area (Å²) in [6, 6.07) is 17.1. The van der Waals surface area contributed by atoms with Gasteiger partial charge >= 0.3 is 23.8 Å². The summed E-state index contributed by atoms with van der Waals surface area (Å²) in [6.45, 7) is 3.12. The molecule has 0 radical (unpaired) electrons. The first-order chi connectivity index (χ1) is 20.3. The van der Waals surface area contributed by atoms with Gasteiger partial charge in [-0.1, -0.05) is 73.5 Å². The molecule has 0 fully saturated rings. The minimum Gasteiger partial charge on any atom is -0.480 e. The van der Waals surface area contributed by atoms with Crippen LogP contribution in [0, 0.1) is 6.92 Å². The highest BCUT2D eigenvalue weighted by Gasteiger charge is 2.22. The lowest BCUT2D eigenvalue weighted by atomic mass is 10.2. The molecule has 0 saturated carbocycles. The van der Waals surface area contributed by atoms with Crippen LogP contribution in [0.2, 0.25) is 0 Å². The van der Waals surface area contributed by atoms with Gasteiger partial charge in [-0.15, -0.1) is 0 Å². The van der Waals surface area contributed by atoms with E-state index in [0.29, 0.717) is 31.0 Å². The molecule has 1 aromatic heterocycles. The van der Waals surface area contributed by atoms with E-state index in [9.17, 15) is 24.3 Å². The third-order valence-electron chi connectivity index (χ3n) is 6.34. The summed E-state index contributed by atoms with van der Waals surface area (Å²) in [7, 11) is 0. The number of ether oxygens (including phenoxy) is 1. The van der Waals surface area contributed by atoms with E-state index in [1.54, 1.807) is 31.2 Å². The maximum Gasteiger partial charge on any atom is 0.408 e. The fourth-order valence-electron chi connectivity index (χ4n) is 4.05. The van der Waals surface area contributed by atoms with Crippen molar-refractivity contribution in [1.82, 2.24) is 25.5 Å². The highest BCUT2D eigenvalue weighted by molar-refractivity contribution is 5.79. The van der Waals surface area contributed by atoms with Gasteiger partial charge in [0.2, 0.25) is 0 Å². The number of carbonyl (C=O) groups is 3. The van der Waals surface area contributed by atoms with Gasteiger partial charge in [0, 0.05) is 31.4 Å². The van der Waals surface area contributed by atoms with Gasteiger partial charge in [-0.05, 0) is 30.9 Å². The number of anilines is 1. The smallest absolute Gasteiger partial charge is 0.408 e. The summed E-state index contributed by atoms with van der Waals surface area (Å²) < 4.78 is 6.25. The summed E-state index contributed by atoms with van der Waals surface area (Å²) in [5, 5.41) is 20.7. The molecule has 1 unspecified atom stereocenters. The fraction of sp³-hybridized carbons (Fsp3) is 0.367. The van der Waals surface area contributed by atoms with Gasteiger partial charge in [-0.25, -0.2) is 19.2 Å². The van der Waals surface area contributed by atoms with Crippen LogP contribution in [0.1, 0.15) is 42.4 Å². The Morgan fingerprint density at radius 2 is 1.55 bits per heavy atom. The minimum absolute atomic E-state index is 0.0107. The number of rotatable bonds is 16. The van der Waals surface area contributed by atoms with Crippen molar-refractivity contribution in [2.24, 2.45) is 0 Å². The van der Waals surface area contributed by atoms with Crippen LogP contribution < -0.4 is 27.0 Å². The largest absolute Gasteiger partial charge is 0.480 e. The predicted molar refractivity (Wildman–Crippen MR) is 158 cm³/mol. The Labute approximate surface area is 244 Å². The number of amides is 3. The predicted octanol–water partition coefficient (Wildman–Crippen LogP) is 3.40. The number of aryl methyl sites for hydroxylation is 1. The second-order valence-electron chi connectivity index (χ2n) is 9.74. The Kier molecular flexibility index (Phi) is 12.9. The summed E-state index contributed by atoms with van der Waals surface area (Å²) in [4.78, 5) is 52.4. The van der Waals surface area contributed by atoms with E-state index >= 15 is 0 Å². The zero-order valence-electron chi connectivity index (χ0n) is 23.7. The maximum absolute atomic E-state index is 12.6. The van der Waals surface area contributed by atoms with E-state index in [1.165, 1.54) is 6.20 Å². The molecule has 5 N–H and O–H groups in total. The van der Waals surface area contributed by atoms with Crippen LogP contribution in [0.5, 0.6) is 0 Å². The minimum atomic E-state index is -1.38. The van der Waals surface area contributed by atoms with Crippen molar-refractivity contribution < 1.29 is 24.2 Å². The van der Waals surface area contributed by atoms with Crippen LogP contribution in [0.3, 0.4) is 0 Å². The average Bonchev–Trinajstić information content (AvgIpc) is 2.99. The number of nitrogens with zero attached hydrogens (tertiary/aromatic N) is 2. The molecule has 0 aliphatic heterocycles. The lowest BCUT2D eigenvalue weighted by Gasteiger charge is -2.17. The molecule has 0 spiro atoms. The Morgan fingerprint density at radius 1 is 0.905 bits per heavy atom. The number of alkyl carbamates (subject to hydrolysis) is 1. The first kappa shape index (κ1) is 31.7. The number of unbranched alkanes of at least 4 members (excludes halogenated alkanes) is 3. The molecule has 0 saturated heterocycles. The monoisotopic (exact) mass is 578 g/mol. The number of hydrogen-bond donors (Lipinski definition) is 5. The van der Waals surface area contributed by atoms with Crippen LogP contribution >= 0.6 is 0 Å². The van der Waals surface area contributed by atoms with Crippen LogP contribution in [0.4, 0.5) is 15.4 Å². The van der Waals surface area contributed by atoms with Gasteiger partial charge in [-0.2, -0.15) is 4.98 Å². The van der Waals surface area contributed by atoms with Crippen LogP contribution in [-0.2, 0) is 29.2 Å². The van der Waals surface area contributed by atoms with Gasteiger partial charge in [-0.3, -0.25) is 4.57 Å². The van der Waals surface area contributed by atoms with Crippen LogP contribution in [0.15, 0.2) is 71.7 Å². The highest BCUT2D eigenvalue weighted by atomic mass is 16.5.